The molecule has 1 aromatic carbocycles. The topological polar surface area (TPSA) is 49.3 Å². The second-order valence-electron chi connectivity index (χ2n) is 5.58. The fourth-order valence-electron chi connectivity index (χ4n) is 2.49. The van der Waals surface area contributed by atoms with Gasteiger partial charge in [-0.25, -0.2) is 0 Å². The third-order valence-electron chi connectivity index (χ3n) is 3.96. The number of anilines is 1. The zero-order chi connectivity index (χ0) is 13.8. The molecule has 2 rings (SSSR count). The molecular formula is C16H23NO2. The Morgan fingerprint density at radius 1 is 1.37 bits per heavy atom. The minimum absolute atomic E-state index is 0.0895. The fourth-order valence-corrected chi connectivity index (χ4v) is 2.49. The van der Waals surface area contributed by atoms with E-state index >= 15 is 0 Å². The maximum Gasteiger partial charge on any atom is 0.224 e. The summed E-state index contributed by atoms with van der Waals surface area (Å²) in [6, 6.07) is 5.90. The van der Waals surface area contributed by atoms with Crippen molar-refractivity contribution in [3.8, 4) is 0 Å². The van der Waals surface area contributed by atoms with Crippen molar-refractivity contribution < 1.29 is 9.90 Å². The minimum atomic E-state index is -0.404. The Hall–Kier alpha value is -1.35. The Labute approximate surface area is 115 Å². The summed E-state index contributed by atoms with van der Waals surface area (Å²) in [5.41, 5.74) is 3.02. The molecule has 0 aromatic heterocycles. The van der Waals surface area contributed by atoms with Gasteiger partial charge in [0.05, 0.1) is 6.10 Å². The maximum atomic E-state index is 11.5. The molecule has 0 spiro atoms. The van der Waals surface area contributed by atoms with E-state index in [1.165, 1.54) is 0 Å². The number of hydrogen-bond acceptors (Lipinski definition) is 2. The number of amides is 1. The molecule has 3 heteroatoms. The first-order valence-corrected chi connectivity index (χ1v) is 7.21. The van der Waals surface area contributed by atoms with Gasteiger partial charge in [0, 0.05) is 12.1 Å². The Morgan fingerprint density at radius 3 is 2.89 bits per heavy atom. The average Bonchev–Trinajstić information content (AvgIpc) is 2.58. The third-order valence-corrected chi connectivity index (χ3v) is 3.96. The van der Waals surface area contributed by atoms with Crippen LogP contribution in [0.2, 0.25) is 0 Å². The van der Waals surface area contributed by atoms with Crippen LogP contribution in [0.1, 0.15) is 56.8 Å². The van der Waals surface area contributed by atoms with Gasteiger partial charge < -0.3 is 10.4 Å². The van der Waals surface area contributed by atoms with Crippen LogP contribution in [-0.4, -0.2) is 11.0 Å². The lowest BCUT2D eigenvalue weighted by Crippen LogP contribution is -2.09. The Kier molecular flexibility index (Phi) is 4.59. The predicted molar refractivity (Wildman–Crippen MR) is 77.0 cm³/mol. The molecule has 0 aliphatic carbocycles. The molecule has 1 aliphatic heterocycles. The number of benzene rings is 1. The van der Waals surface area contributed by atoms with Gasteiger partial charge in [0.2, 0.25) is 5.91 Å². The molecule has 2 N–H and O–H groups in total. The molecule has 19 heavy (non-hydrogen) atoms. The Bertz CT molecular complexity index is 456. The molecule has 2 unspecified atom stereocenters. The number of rotatable bonds is 4. The van der Waals surface area contributed by atoms with Gasteiger partial charge in [0.25, 0.3) is 0 Å². The van der Waals surface area contributed by atoms with Crippen molar-refractivity contribution in [2.75, 3.05) is 5.32 Å². The number of aliphatic hydroxyl groups is 1. The van der Waals surface area contributed by atoms with Crippen molar-refractivity contribution in [2.24, 2.45) is 5.92 Å². The van der Waals surface area contributed by atoms with Gasteiger partial charge in [-0.05, 0) is 42.4 Å². The summed E-state index contributed by atoms with van der Waals surface area (Å²) in [6.07, 6.45) is 3.83. The van der Waals surface area contributed by atoms with E-state index in [9.17, 15) is 9.90 Å². The summed E-state index contributed by atoms with van der Waals surface area (Å²) in [5, 5.41) is 13.2. The molecule has 0 radical (unpaired) electrons. The monoisotopic (exact) mass is 261 g/mol. The van der Waals surface area contributed by atoms with E-state index in [4.69, 9.17) is 0 Å². The van der Waals surface area contributed by atoms with Crippen molar-refractivity contribution >= 4 is 11.6 Å². The van der Waals surface area contributed by atoms with E-state index < -0.39 is 6.10 Å². The normalized spacial score (nSPS) is 18.2. The van der Waals surface area contributed by atoms with Gasteiger partial charge in [0.15, 0.2) is 0 Å². The summed E-state index contributed by atoms with van der Waals surface area (Å²) < 4.78 is 0. The minimum Gasteiger partial charge on any atom is -0.388 e. The number of fused-ring (bicyclic) bond motifs is 1. The summed E-state index contributed by atoms with van der Waals surface area (Å²) >= 11 is 0. The van der Waals surface area contributed by atoms with Crippen LogP contribution in [-0.2, 0) is 11.2 Å². The summed E-state index contributed by atoms with van der Waals surface area (Å²) in [5.74, 6) is 0.611. The Morgan fingerprint density at radius 2 is 2.16 bits per heavy atom. The van der Waals surface area contributed by atoms with Crippen molar-refractivity contribution in [2.45, 2.75) is 52.1 Å². The SMILES string of the molecule is CCC(C)CC(O)c1ccc2c(c1)CCCC(=O)N2. The predicted octanol–water partition coefficient (Wildman–Crippen LogP) is 3.43. The van der Waals surface area contributed by atoms with Gasteiger partial charge in [-0.2, -0.15) is 0 Å². The number of hydrogen-bond donors (Lipinski definition) is 2. The summed E-state index contributed by atoms with van der Waals surface area (Å²) in [4.78, 5) is 11.5. The second kappa shape index (κ2) is 6.20. The lowest BCUT2D eigenvalue weighted by molar-refractivity contribution is -0.116. The number of aliphatic hydroxyl groups excluding tert-OH is 1. The van der Waals surface area contributed by atoms with Crippen molar-refractivity contribution in [1.29, 1.82) is 0 Å². The zero-order valence-corrected chi connectivity index (χ0v) is 11.8. The van der Waals surface area contributed by atoms with E-state index in [2.05, 4.69) is 19.2 Å². The van der Waals surface area contributed by atoms with E-state index in [1.807, 2.05) is 18.2 Å². The van der Waals surface area contributed by atoms with Crippen molar-refractivity contribution in [3.05, 3.63) is 29.3 Å². The van der Waals surface area contributed by atoms with Crippen LogP contribution >= 0.6 is 0 Å². The first kappa shape index (κ1) is 14.1. The standard InChI is InChI=1S/C16H23NO2/c1-3-11(2)9-15(18)13-7-8-14-12(10-13)5-4-6-16(19)17-14/h7-8,10-11,15,18H,3-6,9H2,1-2H3,(H,17,19). The quantitative estimate of drug-likeness (QED) is 0.872. The number of nitrogens with one attached hydrogen (secondary N) is 1. The number of aryl methyl sites for hydroxylation is 1. The smallest absolute Gasteiger partial charge is 0.224 e. The van der Waals surface area contributed by atoms with E-state index in [0.29, 0.717) is 12.3 Å². The average molecular weight is 261 g/mol. The molecular weight excluding hydrogens is 238 g/mol. The zero-order valence-electron chi connectivity index (χ0n) is 11.8. The van der Waals surface area contributed by atoms with Crippen LogP contribution in [0, 0.1) is 5.92 Å². The lowest BCUT2D eigenvalue weighted by Gasteiger charge is -2.17. The van der Waals surface area contributed by atoms with Crippen LogP contribution < -0.4 is 5.32 Å². The van der Waals surface area contributed by atoms with Gasteiger partial charge >= 0.3 is 0 Å². The van der Waals surface area contributed by atoms with Crippen LogP contribution in [0.15, 0.2) is 18.2 Å². The van der Waals surface area contributed by atoms with Gasteiger partial charge in [-0.1, -0.05) is 32.4 Å². The molecule has 0 saturated heterocycles. The molecule has 2 atom stereocenters. The van der Waals surface area contributed by atoms with E-state index in [0.717, 1.165) is 42.5 Å². The van der Waals surface area contributed by atoms with Crippen molar-refractivity contribution in [3.63, 3.8) is 0 Å². The van der Waals surface area contributed by atoms with Crippen LogP contribution in [0.25, 0.3) is 0 Å². The highest BCUT2D eigenvalue weighted by Gasteiger charge is 2.16. The Balaban J connectivity index is 2.16. The molecule has 0 bridgehead atoms. The first-order chi connectivity index (χ1) is 9.10. The molecule has 0 fully saturated rings. The van der Waals surface area contributed by atoms with Crippen molar-refractivity contribution in [1.82, 2.24) is 0 Å². The second-order valence-corrected chi connectivity index (χ2v) is 5.58. The van der Waals surface area contributed by atoms with Crippen LogP contribution in [0.4, 0.5) is 5.69 Å². The molecule has 1 aromatic rings. The van der Waals surface area contributed by atoms with E-state index in [-0.39, 0.29) is 5.91 Å². The molecule has 1 aliphatic rings. The highest BCUT2D eigenvalue weighted by Crippen LogP contribution is 2.28. The summed E-state index contributed by atoms with van der Waals surface area (Å²) in [7, 11) is 0. The highest BCUT2D eigenvalue weighted by atomic mass is 16.3. The summed E-state index contributed by atoms with van der Waals surface area (Å²) in [6.45, 7) is 4.30. The van der Waals surface area contributed by atoms with Gasteiger partial charge in [0.1, 0.15) is 0 Å². The largest absolute Gasteiger partial charge is 0.388 e. The van der Waals surface area contributed by atoms with Crippen LogP contribution in [0.5, 0.6) is 0 Å². The van der Waals surface area contributed by atoms with Gasteiger partial charge in [-0.3, -0.25) is 4.79 Å². The fraction of sp³-hybridized carbons (Fsp3) is 0.562. The first-order valence-electron chi connectivity index (χ1n) is 7.21. The van der Waals surface area contributed by atoms with Crippen LogP contribution in [0.3, 0.4) is 0 Å². The van der Waals surface area contributed by atoms with Gasteiger partial charge in [-0.15, -0.1) is 0 Å². The van der Waals surface area contributed by atoms with E-state index in [1.54, 1.807) is 0 Å². The maximum absolute atomic E-state index is 11.5. The molecule has 3 nitrogen and oxygen atoms in total. The lowest BCUT2D eigenvalue weighted by atomic mass is 9.94. The highest BCUT2D eigenvalue weighted by molar-refractivity contribution is 5.92. The number of carbonyl (C=O) groups excluding carboxylic acids is 1. The number of carbonyl (C=O) groups is 1. The molecule has 0 saturated carbocycles. The third kappa shape index (κ3) is 3.57. The molecule has 1 heterocycles. The molecule has 1 amide bonds. The molecule has 104 valence electrons.